The first-order valence-electron chi connectivity index (χ1n) is 7.22. The van der Waals surface area contributed by atoms with Crippen molar-refractivity contribution in [2.75, 3.05) is 4.72 Å². The van der Waals surface area contributed by atoms with E-state index in [1.165, 1.54) is 12.5 Å². The zero-order valence-corrected chi connectivity index (χ0v) is 13.1. The minimum Gasteiger partial charge on any atom is -0.294 e. The summed E-state index contributed by atoms with van der Waals surface area (Å²) in [6.07, 6.45) is 3.00. The van der Waals surface area contributed by atoms with E-state index >= 15 is 0 Å². The Balaban J connectivity index is 1.96. The molecule has 114 valence electrons. The molecule has 0 saturated heterocycles. The predicted molar refractivity (Wildman–Crippen MR) is 85.7 cm³/mol. The van der Waals surface area contributed by atoms with Crippen LogP contribution in [0.5, 0.6) is 0 Å². The monoisotopic (exact) mass is 315 g/mol. The first-order valence-corrected chi connectivity index (χ1v) is 8.70. The third-order valence-corrected chi connectivity index (χ3v) is 5.29. The zero-order valence-electron chi connectivity index (χ0n) is 12.3. The molecular weight excluding hydrogens is 298 g/mol. The number of carbonyl (C=O) groups is 1. The molecule has 0 spiro atoms. The number of aryl methyl sites for hydroxylation is 2. The van der Waals surface area contributed by atoms with Gasteiger partial charge in [-0.3, -0.25) is 9.52 Å². The molecule has 0 atom stereocenters. The molecule has 0 heterocycles. The average Bonchev–Trinajstić information content (AvgIpc) is 2.94. The summed E-state index contributed by atoms with van der Waals surface area (Å²) >= 11 is 0. The minimum atomic E-state index is -3.69. The lowest BCUT2D eigenvalue weighted by Crippen LogP contribution is -2.15. The van der Waals surface area contributed by atoms with Crippen molar-refractivity contribution in [1.29, 1.82) is 0 Å². The van der Waals surface area contributed by atoms with Crippen LogP contribution in [0.2, 0.25) is 0 Å². The molecule has 0 amide bonds. The van der Waals surface area contributed by atoms with Crippen molar-refractivity contribution in [2.45, 2.75) is 31.1 Å². The van der Waals surface area contributed by atoms with Gasteiger partial charge in [0.05, 0.1) is 10.6 Å². The van der Waals surface area contributed by atoms with Crippen molar-refractivity contribution in [1.82, 2.24) is 0 Å². The summed E-state index contributed by atoms with van der Waals surface area (Å²) in [5.41, 5.74) is 3.01. The van der Waals surface area contributed by atoms with Crippen LogP contribution in [0.3, 0.4) is 0 Å². The van der Waals surface area contributed by atoms with Crippen molar-refractivity contribution in [3.63, 3.8) is 0 Å². The largest absolute Gasteiger partial charge is 0.294 e. The molecule has 0 fully saturated rings. The molecule has 0 bridgehead atoms. The first-order chi connectivity index (χ1) is 10.5. The van der Waals surface area contributed by atoms with Gasteiger partial charge in [-0.15, -0.1) is 0 Å². The molecule has 22 heavy (non-hydrogen) atoms. The summed E-state index contributed by atoms with van der Waals surface area (Å²) in [5.74, 6) is -0.174. The molecule has 0 unspecified atom stereocenters. The second-order valence-electron chi connectivity index (χ2n) is 5.49. The van der Waals surface area contributed by atoms with Crippen LogP contribution in [0.25, 0.3) is 0 Å². The Morgan fingerprint density at radius 2 is 1.77 bits per heavy atom. The molecule has 1 aliphatic carbocycles. The number of hydrogen-bond donors (Lipinski definition) is 1. The quantitative estimate of drug-likeness (QED) is 0.881. The lowest BCUT2D eigenvalue weighted by Gasteiger charge is -2.12. The predicted octanol–water partition coefficient (Wildman–Crippen LogP) is 3.18. The normalized spacial score (nSPS) is 13.7. The highest BCUT2D eigenvalue weighted by Gasteiger charge is 2.20. The number of nitrogens with one attached hydrogen (secondary N) is 1. The Kier molecular flexibility index (Phi) is 3.74. The molecule has 5 heteroatoms. The van der Waals surface area contributed by atoms with Crippen molar-refractivity contribution in [3.05, 3.63) is 59.2 Å². The number of ketones is 1. The maximum Gasteiger partial charge on any atom is 0.261 e. The maximum atomic E-state index is 12.6. The molecule has 2 aromatic rings. The van der Waals surface area contributed by atoms with Crippen LogP contribution >= 0.6 is 0 Å². The fraction of sp³-hybridized carbons (Fsp3) is 0.235. The molecule has 0 aromatic heterocycles. The third-order valence-electron chi connectivity index (χ3n) is 3.93. The number of benzene rings is 2. The molecule has 1 N–H and O–H groups in total. The molecule has 0 aliphatic heterocycles. The Hall–Kier alpha value is -2.14. The van der Waals surface area contributed by atoms with Crippen LogP contribution in [0.15, 0.2) is 47.4 Å². The number of anilines is 1. The molecule has 2 aromatic carbocycles. The minimum absolute atomic E-state index is 0.174. The van der Waals surface area contributed by atoms with Gasteiger partial charge in [-0.05, 0) is 61.6 Å². The summed E-state index contributed by atoms with van der Waals surface area (Å²) < 4.78 is 27.6. The molecule has 3 rings (SSSR count). The SMILES string of the molecule is CC(=O)c1ccccc1NS(=O)(=O)c1ccc2c(c1)CCC2. The van der Waals surface area contributed by atoms with Crippen molar-refractivity contribution in [2.24, 2.45) is 0 Å². The van der Waals surface area contributed by atoms with Gasteiger partial charge in [-0.25, -0.2) is 8.42 Å². The van der Waals surface area contributed by atoms with Crippen LogP contribution < -0.4 is 4.72 Å². The van der Waals surface area contributed by atoms with E-state index in [4.69, 9.17) is 0 Å². The van der Waals surface area contributed by atoms with E-state index in [-0.39, 0.29) is 10.7 Å². The van der Waals surface area contributed by atoms with Gasteiger partial charge < -0.3 is 0 Å². The fourth-order valence-electron chi connectivity index (χ4n) is 2.80. The number of carbonyl (C=O) groups excluding carboxylic acids is 1. The fourth-order valence-corrected chi connectivity index (χ4v) is 3.93. The second kappa shape index (κ2) is 5.57. The second-order valence-corrected chi connectivity index (χ2v) is 7.17. The number of sulfonamides is 1. The van der Waals surface area contributed by atoms with Gasteiger partial charge in [0.15, 0.2) is 5.78 Å². The van der Waals surface area contributed by atoms with Crippen LogP contribution in [-0.2, 0) is 22.9 Å². The lowest BCUT2D eigenvalue weighted by molar-refractivity contribution is 0.101. The molecule has 4 nitrogen and oxygen atoms in total. The summed E-state index contributed by atoms with van der Waals surface area (Å²) in [6, 6.07) is 11.9. The highest BCUT2D eigenvalue weighted by atomic mass is 32.2. The van der Waals surface area contributed by atoms with E-state index in [9.17, 15) is 13.2 Å². The van der Waals surface area contributed by atoms with Gasteiger partial charge in [0.1, 0.15) is 0 Å². The van der Waals surface area contributed by atoms with Crippen LogP contribution in [0.1, 0.15) is 34.8 Å². The number of fused-ring (bicyclic) bond motifs is 1. The summed E-state index contributed by atoms with van der Waals surface area (Å²) in [4.78, 5) is 11.8. The Bertz CT molecular complexity index is 841. The molecule has 0 radical (unpaired) electrons. The van der Waals surface area contributed by atoms with Crippen LogP contribution in [0.4, 0.5) is 5.69 Å². The number of para-hydroxylation sites is 1. The van der Waals surface area contributed by atoms with E-state index in [1.807, 2.05) is 6.07 Å². The molecular formula is C17H17NO3S. The summed E-state index contributed by atoms with van der Waals surface area (Å²) in [5, 5.41) is 0. The van der Waals surface area contributed by atoms with Crippen LogP contribution in [-0.4, -0.2) is 14.2 Å². The van der Waals surface area contributed by atoms with E-state index in [1.54, 1.807) is 36.4 Å². The Morgan fingerprint density at radius 3 is 2.55 bits per heavy atom. The van der Waals surface area contributed by atoms with E-state index < -0.39 is 10.0 Å². The van der Waals surface area contributed by atoms with Gasteiger partial charge in [-0.2, -0.15) is 0 Å². The maximum absolute atomic E-state index is 12.6. The van der Waals surface area contributed by atoms with Gasteiger partial charge in [0, 0.05) is 5.56 Å². The molecule has 0 saturated carbocycles. The van der Waals surface area contributed by atoms with Gasteiger partial charge in [0.2, 0.25) is 0 Å². The van der Waals surface area contributed by atoms with Crippen molar-refractivity contribution in [3.8, 4) is 0 Å². The third kappa shape index (κ3) is 2.76. The van der Waals surface area contributed by atoms with Gasteiger partial charge in [0.25, 0.3) is 10.0 Å². The lowest BCUT2D eigenvalue weighted by atomic mass is 10.1. The smallest absolute Gasteiger partial charge is 0.261 e. The number of hydrogen-bond acceptors (Lipinski definition) is 3. The zero-order chi connectivity index (χ0) is 15.7. The highest BCUT2D eigenvalue weighted by Crippen LogP contribution is 2.26. The highest BCUT2D eigenvalue weighted by molar-refractivity contribution is 7.92. The van der Waals surface area contributed by atoms with Gasteiger partial charge >= 0.3 is 0 Å². The average molecular weight is 315 g/mol. The Labute approximate surface area is 130 Å². The summed E-state index contributed by atoms with van der Waals surface area (Å²) in [7, 11) is -3.69. The standard InChI is InChI=1S/C17H17NO3S/c1-12(19)16-7-2-3-8-17(16)18-22(20,21)15-10-9-13-5-4-6-14(13)11-15/h2-3,7-11,18H,4-6H2,1H3. The van der Waals surface area contributed by atoms with Crippen molar-refractivity contribution < 1.29 is 13.2 Å². The van der Waals surface area contributed by atoms with E-state index in [0.29, 0.717) is 11.3 Å². The van der Waals surface area contributed by atoms with Crippen molar-refractivity contribution >= 4 is 21.5 Å². The number of Topliss-reactive ketones (excluding diaryl/α,β-unsaturated/α-hetero) is 1. The Morgan fingerprint density at radius 1 is 1.05 bits per heavy atom. The summed E-state index contributed by atoms with van der Waals surface area (Å²) in [6.45, 7) is 1.42. The van der Waals surface area contributed by atoms with E-state index in [0.717, 1.165) is 24.8 Å². The topological polar surface area (TPSA) is 63.2 Å². The molecule has 1 aliphatic rings. The number of rotatable bonds is 4. The van der Waals surface area contributed by atoms with Gasteiger partial charge in [-0.1, -0.05) is 18.2 Å². The van der Waals surface area contributed by atoms with Crippen LogP contribution in [0, 0.1) is 0 Å². The first kappa shape index (κ1) is 14.8. The van der Waals surface area contributed by atoms with E-state index in [2.05, 4.69) is 4.72 Å².